The highest BCUT2D eigenvalue weighted by molar-refractivity contribution is 7.18. The number of aliphatic carboxylic acids is 1. The lowest BCUT2D eigenvalue weighted by atomic mass is 9.38. The van der Waals surface area contributed by atoms with Crippen LogP contribution in [0.3, 0.4) is 0 Å². The molecule has 2 aliphatic carbocycles. The van der Waals surface area contributed by atoms with Gasteiger partial charge in [0.05, 0.1) is 38.6 Å². The number of piperidine rings is 2. The van der Waals surface area contributed by atoms with Crippen LogP contribution in [-0.4, -0.2) is 68.1 Å². The van der Waals surface area contributed by atoms with Crippen molar-refractivity contribution in [2.45, 2.75) is 69.9 Å². The summed E-state index contributed by atoms with van der Waals surface area (Å²) in [5.41, 5.74) is 3.80. The maximum atomic E-state index is 13.5. The number of carboxylic acid groups (broad SMARTS) is 1. The number of likely N-dealkylation sites (tertiary alicyclic amines) is 1. The average Bonchev–Trinajstić information content (AvgIpc) is 3.74. The summed E-state index contributed by atoms with van der Waals surface area (Å²) in [6, 6.07) is 14.9. The number of halogens is 4. The fourth-order valence-electron chi connectivity index (χ4n) is 9.02. The first-order chi connectivity index (χ1) is 26.6. The number of benzene rings is 2. The maximum absolute atomic E-state index is 13.5. The van der Waals surface area contributed by atoms with Gasteiger partial charge in [-0.15, -0.1) is 11.3 Å². The molecule has 11 nitrogen and oxygen atoms in total. The molecule has 4 unspecified atom stereocenters. The Labute approximate surface area is 328 Å². The molecule has 5 atom stereocenters. The minimum atomic E-state index is -3.05. The molecule has 1 amide bonds. The predicted octanol–water partition coefficient (Wildman–Crippen LogP) is 7.88. The SMILES string of the molecule is O=C1CC[C@@H](CNCc2cnc(-c3cccc(-c4cccc(Nc5nccc6sc(CN7C8CCC89C(C(=O)O)CC79)nc56)c4Cl)c3Cl)cc2OC(F)F)N1. The highest BCUT2D eigenvalue weighted by Gasteiger charge is 2.76. The second-order valence-corrected chi connectivity index (χ2v) is 16.4. The summed E-state index contributed by atoms with van der Waals surface area (Å²) in [4.78, 5) is 39.8. The quantitative estimate of drug-likeness (QED) is 0.0929. The number of nitrogens with zero attached hydrogens (tertiary/aromatic N) is 4. The van der Waals surface area contributed by atoms with E-state index in [1.54, 1.807) is 29.7 Å². The number of carboxylic acids is 1. The van der Waals surface area contributed by atoms with Crippen LogP contribution in [-0.2, 0) is 22.7 Å². The van der Waals surface area contributed by atoms with Crippen molar-refractivity contribution in [3.8, 4) is 28.1 Å². The highest BCUT2D eigenvalue weighted by atomic mass is 35.5. The van der Waals surface area contributed by atoms with Gasteiger partial charge in [0.2, 0.25) is 5.91 Å². The normalized spacial score (nSPS) is 24.1. The Morgan fingerprint density at radius 3 is 2.62 bits per heavy atom. The summed E-state index contributed by atoms with van der Waals surface area (Å²) in [5, 5.41) is 20.8. The van der Waals surface area contributed by atoms with Crippen molar-refractivity contribution in [2.75, 3.05) is 11.9 Å². The first-order valence-electron chi connectivity index (χ1n) is 18.1. The molecule has 5 aromatic rings. The smallest absolute Gasteiger partial charge is 0.387 e. The van der Waals surface area contributed by atoms with E-state index < -0.39 is 12.6 Å². The second kappa shape index (κ2) is 14.2. The first-order valence-corrected chi connectivity index (χ1v) is 19.7. The maximum Gasteiger partial charge on any atom is 0.387 e. The molecule has 1 spiro atoms. The van der Waals surface area contributed by atoms with Gasteiger partial charge >= 0.3 is 12.6 Å². The number of thiazole rings is 1. The van der Waals surface area contributed by atoms with Crippen LogP contribution in [0.5, 0.6) is 5.75 Å². The van der Waals surface area contributed by atoms with Crippen molar-refractivity contribution in [3.05, 3.63) is 81.5 Å². The van der Waals surface area contributed by atoms with Crippen LogP contribution in [0.4, 0.5) is 20.3 Å². The van der Waals surface area contributed by atoms with Gasteiger partial charge in [-0.05, 0) is 37.8 Å². The van der Waals surface area contributed by atoms with E-state index >= 15 is 0 Å². The van der Waals surface area contributed by atoms with Crippen molar-refractivity contribution in [2.24, 2.45) is 11.3 Å². The van der Waals surface area contributed by atoms with E-state index in [-0.39, 0.29) is 35.6 Å². The molecule has 0 radical (unpaired) electrons. The van der Waals surface area contributed by atoms with Crippen molar-refractivity contribution >= 4 is 68.1 Å². The zero-order valence-electron chi connectivity index (χ0n) is 29.2. The Hall–Kier alpha value is -4.47. The monoisotopic (exact) mass is 805 g/mol. The molecule has 4 aliphatic rings. The van der Waals surface area contributed by atoms with Crippen molar-refractivity contribution < 1.29 is 28.2 Å². The Kier molecular flexibility index (Phi) is 9.36. The molecule has 4 fully saturated rings. The summed E-state index contributed by atoms with van der Waals surface area (Å²) < 4.78 is 32.9. The van der Waals surface area contributed by atoms with E-state index in [4.69, 9.17) is 32.9 Å². The van der Waals surface area contributed by atoms with E-state index in [1.807, 2.05) is 30.3 Å². The second-order valence-electron chi connectivity index (χ2n) is 14.5. The third kappa shape index (κ3) is 6.28. The molecule has 0 bridgehead atoms. The Morgan fingerprint density at radius 1 is 1.09 bits per heavy atom. The van der Waals surface area contributed by atoms with Crippen LogP contribution < -0.4 is 20.7 Å². The Balaban J connectivity index is 0.941. The number of nitrogens with one attached hydrogen (secondary N) is 3. The zero-order chi connectivity index (χ0) is 38.0. The van der Waals surface area contributed by atoms with Crippen LogP contribution >= 0.6 is 34.5 Å². The molecule has 16 heteroatoms. The van der Waals surface area contributed by atoms with Crippen LogP contribution in [0.2, 0.25) is 10.0 Å². The van der Waals surface area contributed by atoms with Crippen molar-refractivity contribution in [1.29, 1.82) is 0 Å². The van der Waals surface area contributed by atoms with E-state index in [1.165, 1.54) is 12.3 Å². The number of hydrogen-bond donors (Lipinski definition) is 4. The molecular weight excluding hydrogens is 771 g/mol. The number of ether oxygens (including phenoxy) is 1. The number of hydrogen-bond acceptors (Lipinski definition) is 10. The lowest BCUT2D eigenvalue weighted by molar-refractivity contribution is -0.301. The molecule has 284 valence electrons. The van der Waals surface area contributed by atoms with E-state index in [0.717, 1.165) is 28.1 Å². The molecule has 2 saturated carbocycles. The Morgan fingerprint density at radius 2 is 1.89 bits per heavy atom. The highest BCUT2D eigenvalue weighted by Crippen LogP contribution is 2.71. The molecule has 55 heavy (non-hydrogen) atoms. The fraction of sp³-hybridized carbons (Fsp3) is 0.359. The number of rotatable bonds is 13. The first kappa shape index (κ1) is 36.2. The van der Waals surface area contributed by atoms with Crippen LogP contribution in [0.1, 0.15) is 42.7 Å². The molecule has 3 aromatic heterocycles. The third-order valence-electron chi connectivity index (χ3n) is 11.7. The number of aromatic nitrogens is 3. The van der Waals surface area contributed by atoms with Gasteiger partial charge in [-0.25, -0.2) is 9.97 Å². The predicted molar refractivity (Wildman–Crippen MR) is 206 cm³/mol. The van der Waals surface area contributed by atoms with Gasteiger partial charge in [-0.1, -0.05) is 53.5 Å². The number of carbonyl (C=O) groups excluding carboxylic acids is 1. The molecule has 2 saturated heterocycles. The summed E-state index contributed by atoms with van der Waals surface area (Å²) in [5.74, 6) is -0.377. The summed E-state index contributed by atoms with van der Waals surface area (Å²) in [7, 11) is 0. The number of amides is 1. The van der Waals surface area contributed by atoms with Crippen LogP contribution in [0, 0.1) is 11.3 Å². The lowest BCUT2D eigenvalue weighted by Gasteiger charge is -2.78. The summed E-state index contributed by atoms with van der Waals surface area (Å²) >= 11 is 15.7. The number of fused-ring (bicyclic) bond motifs is 1. The van der Waals surface area contributed by atoms with Crippen LogP contribution in [0.25, 0.3) is 32.6 Å². The minimum Gasteiger partial charge on any atom is -0.481 e. The van der Waals surface area contributed by atoms with Gasteiger partial charge in [-0.2, -0.15) is 8.78 Å². The standard InChI is InChI=1S/C39H35Cl2F2N7O4S/c40-33-21(3-1-5-23(33)26-14-27(54-38(42)43)19(16-46-26)15-44-17-20-7-8-31(51)47-20)22-4-2-6-25(34(22)41)48-36-35-28(10-12-45-36)55-32(49-35)18-50-29-9-11-39(29)24(37(52)53)13-30(39)50/h1-6,10,12,14,16,20,24,29-30,38,44H,7-9,11,13,15,17-18H2,(H,45,48)(H,47,51)(H,52,53)/t20-,24?,29?,30?,39?/m0/s1. The van der Waals surface area contributed by atoms with Gasteiger partial charge in [0.25, 0.3) is 0 Å². The van der Waals surface area contributed by atoms with E-state index in [0.29, 0.717) is 93.9 Å². The summed E-state index contributed by atoms with van der Waals surface area (Å²) in [6.07, 6.45) is 7.11. The number of carbonyl (C=O) groups is 2. The molecule has 2 aliphatic heterocycles. The third-order valence-corrected chi connectivity index (χ3v) is 13.6. The number of alkyl halides is 2. The Bertz CT molecular complexity index is 2340. The summed E-state index contributed by atoms with van der Waals surface area (Å²) in [6.45, 7) is -1.67. The average molecular weight is 807 g/mol. The fourth-order valence-corrected chi connectivity index (χ4v) is 10.6. The van der Waals surface area contributed by atoms with Gasteiger partial charge in [-0.3, -0.25) is 19.5 Å². The van der Waals surface area contributed by atoms with E-state index in [2.05, 4.69) is 30.8 Å². The van der Waals surface area contributed by atoms with Gasteiger partial charge in [0.15, 0.2) is 5.82 Å². The number of anilines is 2. The van der Waals surface area contributed by atoms with Gasteiger partial charge in [0.1, 0.15) is 16.3 Å². The molecule has 9 rings (SSSR count). The topological polar surface area (TPSA) is 142 Å². The van der Waals surface area contributed by atoms with Gasteiger partial charge < -0.3 is 25.8 Å². The number of pyridine rings is 2. The molecule has 5 heterocycles. The van der Waals surface area contributed by atoms with Crippen molar-refractivity contribution in [3.63, 3.8) is 0 Å². The van der Waals surface area contributed by atoms with Gasteiger partial charge in [0, 0.05) is 83.8 Å². The van der Waals surface area contributed by atoms with Crippen LogP contribution in [0.15, 0.2) is 60.9 Å². The molecule has 2 aromatic carbocycles. The molecular formula is C39H35Cl2F2N7O4S. The van der Waals surface area contributed by atoms with Crippen molar-refractivity contribution in [1.82, 2.24) is 30.5 Å². The largest absolute Gasteiger partial charge is 0.481 e. The minimum absolute atomic E-state index is 0.00117. The van der Waals surface area contributed by atoms with E-state index in [9.17, 15) is 23.5 Å². The lowest BCUT2D eigenvalue weighted by Crippen LogP contribution is -2.85. The molecule has 4 N–H and O–H groups in total. The zero-order valence-corrected chi connectivity index (χ0v) is 31.5.